The van der Waals surface area contributed by atoms with Crippen LogP contribution in [0.2, 0.25) is 0 Å². The number of halogens is 3. The molecule has 33 heavy (non-hydrogen) atoms. The second kappa shape index (κ2) is 8.19. The van der Waals surface area contributed by atoms with E-state index in [1.807, 2.05) is 6.07 Å². The molecular formula is C21H15F3N6O3. The van der Waals surface area contributed by atoms with Crippen molar-refractivity contribution in [2.75, 3.05) is 19.5 Å². The summed E-state index contributed by atoms with van der Waals surface area (Å²) in [6, 6.07) is 13.0. The van der Waals surface area contributed by atoms with Crippen molar-refractivity contribution in [3.8, 4) is 23.2 Å². The van der Waals surface area contributed by atoms with Gasteiger partial charge >= 0.3 is 12.1 Å². The fourth-order valence-electron chi connectivity index (χ4n) is 3.16. The number of fused-ring (bicyclic) bond motifs is 1. The summed E-state index contributed by atoms with van der Waals surface area (Å²) in [6.07, 6.45) is -3.29. The Kier molecular flexibility index (Phi) is 5.39. The minimum absolute atomic E-state index is 0.0125. The lowest BCUT2D eigenvalue weighted by molar-refractivity contribution is -0.153. The second-order valence-electron chi connectivity index (χ2n) is 6.85. The average Bonchev–Trinajstić information content (AvgIpc) is 3.37. The number of esters is 1. The number of nitrogen functional groups attached to an aromatic ring is 1. The first-order valence-corrected chi connectivity index (χ1v) is 9.37. The number of carbonyl (C=O) groups is 1. The number of carbonyl (C=O) groups excluding carboxylic acids is 1. The van der Waals surface area contributed by atoms with Gasteiger partial charge < -0.3 is 19.8 Å². The number of rotatable bonds is 5. The van der Waals surface area contributed by atoms with Gasteiger partial charge in [-0.3, -0.25) is 0 Å². The van der Waals surface area contributed by atoms with Gasteiger partial charge in [0.05, 0.1) is 29.7 Å². The van der Waals surface area contributed by atoms with E-state index in [2.05, 4.69) is 10.2 Å². The Labute approximate surface area is 184 Å². The Morgan fingerprint density at radius 1 is 1.15 bits per heavy atom. The zero-order chi connectivity index (χ0) is 23.8. The first kappa shape index (κ1) is 21.7. The van der Waals surface area contributed by atoms with Gasteiger partial charge in [-0.25, -0.2) is 4.79 Å². The van der Waals surface area contributed by atoms with Gasteiger partial charge in [-0.05, 0) is 18.2 Å². The van der Waals surface area contributed by atoms with E-state index in [4.69, 9.17) is 15.2 Å². The lowest BCUT2D eigenvalue weighted by atomic mass is 10.2. The molecule has 2 aromatic heterocycles. The maximum Gasteiger partial charge on any atom is 0.422 e. The van der Waals surface area contributed by atoms with Gasteiger partial charge in [0.1, 0.15) is 22.9 Å². The van der Waals surface area contributed by atoms with Crippen LogP contribution in [0.25, 0.3) is 22.4 Å². The molecule has 4 rings (SSSR count). The third-order valence-corrected chi connectivity index (χ3v) is 4.62. The predicted molar refractivity (Wildman–Crippen MR) is 110 cm³/mol. The molecule has 2 N–H and O–H groups in total. The van der Waals surface area contributed by atoms with Crippen LogP contribution in [0, 0.1) is 11.3 Å². The molecule has 2 aromatic carbocycles. The van der Waals surface area contributed by atoms with Crippen LogP contribution in [0.5, 0.6) is 5.75 Å². The third-order valence-electron chi connectivity index (χ3n) is 4.62. The Morgan fingerprint density at radius 2 is 1.79 bits per heavy atom. The molecule has 0 spiro atoms. The van der Waals surface area contributed by atoms with E-state index in [1.54, 1.807) is 24.3 Å². The zero-order valence-corrected chi connectivity index (χ0v) is 17.0. The summed E-state index contributed by atoms with van der Waals surface area (Å²) in [5.74, 6) is -0.997. The van der Waals surface area contributed by atoms with Gasteiger partial charge in [0.2, 0.25) is 0 Å². The molecule has 4 aromatic rings. The minimum Gasteiger partial charge on any atom is -0.484 e. The molecule has 12 heteroatoms. The lowest BCUT2D eigenvalue weighted by Gasteiger charge is -2.14. The van der Waals surface area contributed by atoms with Crippen LogP contribution in [0.4, 0.5) is 18.9 Å². The van der Waals surface area contributed by atoms with Crippen molar-refractivity contribution >= 4 is 22.7 Å². The number of nitriles is 1. The van der Waals surface area contributed by atoms with Gasteiger partial charge in [-0.1, -0.05) is 12.1 Å². The normalized spacial score (nSPS) is 11.4. The Bertz CT molecular complexity index is 1370. The van der Waals surface area contributed by atoms with Crippen molar-refractivity contribution in [3.63, 3.8) is 0 Å². The highest BCUT2D eigenvalue weighted by molar-refractivity contribution is 5.96. The van der Waals surface area contributed by atoms with Crippen LogP contribution in [0.3, 0.4) is 0 Å². The smallest absolute Gasteiger partial charge is 0.422 e. The van der Waals surface area contributed by atoms with E-state index in [-0.39, 0.29) is 34.1 Å². The summed E-state index contributed by atoms with van der Waals surface area (Å²) in [6.45, 7) is -1.54. The van der Waals surface area contributed by atoms with Crippen molar-refractivity contribution in [3.05, 3.63) is 59.9 Å². The van der Waals surface area contributed by atoms with E-state index in [0.717, 1.165) is 7.11 Å². The topological polar surface area (TPSA) is 121 Å². The first-order valence-electron chi connectivity index (χ1n) is 9.37. The van der Waals surface area contributed by atoms with Crippen LogP contribution in [0.15, 0.2) is 48.7 Å². The number of anilines is 1. The predicted octanol–water partition coefficient (Wildman–Crippen LogP) is 3.39. The molecule has 168 valence electrons. The molecule has 0 fully saturated rings. The molecule has 0 unspecified atom stereocenters. The molecule has 0 bridgehead atoms. The Morgan fingerprint density at radius 3 is 2.36 bits per heavy atom. The molecule has 0 amide bonds. The van der Waals surface area contributed by atoms with Crippen LogP contribution < -0.4 is 10.5 Å². The maximum atomic E-state index is 12.8. The zero-order valence-electron chi connectivity index (χ0n) is 17.0. The van der Waals surface area contributed by atoms with E-state index in [9.17, 15) is 23.2 Å². The van der Waals surface area contributed by atoms with Crippen LogP contribution >= 0.6 is 0 Å². The average molecular weight is 456 g/mol. The number of alkyl halides is 3. The van der Waals surface area contributed by atoms with Gasteiger partial charge in [0, 0.05) is 18.3 Å². The van der Waals surface area contributed by atoms with Crippen molar-refractivity contribution in [1.29, 1.82) is 5.26 Å². The molecule has 9 nitrogen and oxygen atoms in total. The SMILES string of the molecule is COC(=O)c1c(N)c(C#N)cn1-c1cc(OCC(F)(F)F)cc(-n2nc3ccccc3n2)c1. The molecule has 0 radical (unpaired) electrons. The summed E-state index contributed by atoms with van der Waals surface area (Å²) >= 11 is 0. The number of aromatic nitrogens is 4. The lowest BCUT2D eigenvalue weighted by Crippen LogP contribution is -2.19. The number of benzene rings is 2. The van der Waals surface area contributed by atoms with Gasteiger partial charge in [-0.2, -0.15) is 23.2 Å². The first-order chi connectivity index (χ1) is 15.7. The molecule has 0 atom stereocenters. The number of nitrogens with two attached hydrogens (primary N) is 1. The van der Waals surface area contributed by atoms with E-state index >= 15 is 0 Å². The van der Waals surface area contributed by atoms with Crippen LogP contribution in [0.1, 0.15) is 16.1 Å². The fourth-order valence-corrected chi connectivity index (χ4v) is 3.16. The minimum atomic E-state index is -4.57. The Balaban J connectivity index is 1.90. The highest BCUT2D eigenvalue weighted by Gasteiger charge is 2.29. The van der Waals surface area contributed by atoms with Crippen molar-refractivity contribution < 1.29 is 27.4 Å². The number of nitrogens with zero attached hydrogens (tertiary/aromatic N) is 5. The number of hydrogen-bond donors (Lipinski definition) is 1. The van der Waals surface area contributed by atoms with Crippen LogP contribution in [-0.2, 0) is 4.74 Å². The summed E-state index contributed by atoms with van der Waals surface area (Å²) in [4.78, 5) is 13.6. The summed E-state index contributed by atoms with van der Waals surface area (Å²) in [7, 11) is 1.14. The molecule has 0 saturated heterocycles. The standard InChI is InChI=1S/C21H15F3N6O3/c1-32-20(31)19-18(26)12(9-25)10-29(19)13-6-14(8-15(7-13)33-11-21(22,23)24)30-27-16-4-2-3-5-17(16)28-30/h2-8,10H,11,26H2,1H3. The van der Waals surface area contributed by atoms with Crippen molar-refractivity contribution in [1.82, 2.24) is 19.6 Å². The molecule has 0 aliphatic heterocycles. The van der Waals surface area contributed by atoms with Crippen molar-refractivity contribution in [2.24, 2.45) is 0 Å². The molecule has 0 aliphatic carbocycles. The molecule has 0 aliphatic rings. The maximum absolute atomic E-state index is 12.8. The molecule has 2 heterocycles. The van der Waals surface area contributed by atoms with Gasteiger partial charge in [-0.15, -0.1) is 10.2 Å². The largest absolute Gasteiger partial charge is 0.484 e. The fraction of sp³-hybridized carbons (Fsp3) is 0.143. The number of ether oxygens (including phenoxy) is 2. The summed E-state index contributed by atoms with van der Waals surface area (Å²) in [5, 5.41) is 18.0. The van der Waals surface area contributed by atoms with E-state index < -0.39 is 18.8 Å². The monoisotopic (exact) mass is 456 g/mol. The van der Waals surface area contributed by atoms with E-state index in [0.29, 0.717) is 11.0 Å². The van der Waals surface area contributed by atoms with E-state index in [1.165, 1.54) is 33.8 Å². The van der Waals surface area contributed by atoms with Gasteiger partial charge in [0.15, 0.2) is 12.3 Å². The highest BCUT2D eigenvalue weighted by atomic mass is 19.4. The number of methoxy groups -OCH3 is 1. The third kappa shape index (κ3) is 4.29. The quantitative estimate of drug-likeness (QED) is 0.457. The summed E-state index contributed by atoms with van der Waals surface area (Å²) in [5.41, 5.74) is 7.18. The second-order valence-corrected chi connectivity index (χ2v) is 6.85. The molecule has 0 saturated carbocycles. The highest BCUT2D eigenvalue weighted by Crippen LogP contribution is 2.30. The van der Waals surface area contributed by atoms with Crippen molar-refractivity contribution in [2.45, 2.75) is 6.18 Å². The van der Waals surface area contributed by atoms with Crippen LogP contribution in [-0.4, -0.2) is 45.4 Å². The van der Waals surface area contributed by atoms with Gasteiger partial charge in [0.25, 0.3) is 0 Å². The molecular weight excluding hydrogens is 441 g/mol. The Hall–Kier alpha value is -4.53. The summed E-state index contributed by atoms with van der Waals surface area (Å²) < 4.78 is 49.3. The number of hydrogen-bond acceptors (Lipinski definition) is 7.